The van der Waals surface area contributed by atoms with E-state index in [1.165, 1.54) is 37.7 Å². The zero-order valence-corrected chi connectivity index (χ0v) is 16.2. The van der Waals surface area contributed by atoms with Gasteiger partial charge in [0.1, 0.15) is 0 Å². The molecule has 2 nitrogen and oxygen atoms in total. The highest BCUT2D eigenvalue weighted by molar-refractivity contribution is 5.91. The smallest absolute Gasteiger partial charge is 0.155 e. The number of hydrogen-bond acceptors (Lipinski definition) is 2. The molecule has 2 heteroatoms. The molecule has 3 unspecified atom stereocenters. The number of allylic oxidation sites excluding steroid dienone is 1. The Kier molecular flexibility index (Phi) is 3.18. The monoisotopic (exact) mass is 352 g/mol. The molecule has 1 aliphatic heterocycles. The van der Waals surface area contributed by atoms with E-state index in [-0.39, 0.29) is 5.60 Å². The molecule has 140 valence electrons. The molecular formula is C24H32O2. The lowest BCUT2D eigenvalue weighted by Crippen LogP contribution is -2.57. The first-order valence-corrected chi connectivity index (χ1v) is 11.2. The SMILES string of the molecule is CC[C@]12CCC3C(C1[C@@H]1C[C@@H]1[C@@]21C=CCO1)[C@H](C)CC1=CC(=O)CC[C@@H]13. The van der Waals surface area contributed by atoms with Crippen molar-refractivity contribution in [1.29, 1.82) is 0 Å². The summed E-state index contributed by atoms with van der Waals surface area (Å²) in [5.74, 6) is 6.05. The zero-order chi connectivity index (χ0) is 17.7. The molecular weight excluding hydrogens is 320 g/mol. The van der Waals surface area contributed by atoms with E-state index in [0.29, 0.717) is 17.1 Å². The summed E-state index contributed by atoms with van der Waals surface area (Å²) in [5, 5.41) is 0. The van der Waals surface area contributed by atoms with Gasteiger partial charge < -0.3 is 4.74 Å². The van der Waals surface area contributed by atoms with Crippen molar-refractivity contribution in [2.24, 2.45) is 46.8 Å². The maximum atomic E-state index is 12.0. The Morgan fingerprint density at radius 3 is 2.92 bits per heavy atom. The van der Waals surface area contributed by atoms with Crippen molar-refractivity contribution in [3.05, 3.63) is 23.8 Å². The van der Waals surface area contributed by atoms with Crippen LogP contribution in [0.1, 0.15) is 58.8 Å². The fourth-order valence-electron chi connectivity index (χ4n) is 9.05. The van der Waals surface area contributed by atoms with Gasteiger partial charge in [-0.3, -0.25) is 4.79 Å². The largest absolute Gasteiger partial charge is 0.366 e. The van der Waals surface area contributed by atoms with Gasteiger partial charge in [0.05, 0.1) is 12.2 Å². The van der Waals surface area contributed by atoms with Crippen LogP contribution in [0.25, 0.3) is 0 Å². The highest BCUT2D eigenvalue weighted by atomic mass is 16.5. The first kappa shape index (κ1) is 16.1. The Labute approximate surface area is 157 Å². The molecule has 0 saturated heterocycles. The van der Waals surface area contributed by atoms with Crippen molar-refractivity contribution in [3.63, 3.8) is 0 Å². The van der Waals surface area contributed by atoms with Crippen LogP contribution in [0.2, 0.25) is 0 Å². The molecule has 0 amide bonds. The van der Waals surface area contributed by atoms with Crippen LogP contribution in [0.5, 0.6) is 0 Å². The summed E-state index contributed by atoms with van der Waals surface area (Å²) in [5.41, 5.74) is 1.96. The van der Waals surface area contributed by atoms with Crippen molar-refractivity contribution >= 4 is 5.78 Å². The van der Waals surface area contributed by atoms with Gasteiger partial charge in [-0.15, -0.1) is 0 Å². The van der Waals surface area contributed by atoms with Crippen molar-refractivity contribution in [2.45, 2.75) is 64.4 Å². The normalized spacial score (nSPS) is 56.6. The van der Waals surface area contributed by atoms with Crippen LogP contribution in [0.15, 0.2) is 23.8 Å². The fraction of sp³-hybridized carbons (Fsp3) is 0.792. The summed E-state index contributed by atoms with van der Waals surface area (Å²) in [6, 6.07) is 0. The molecule has 6 aliphatic rings. The molecule has 0 N–H and O–H groups in total. The Morgan fingerprint density at radius 1 is 1.27 bits per heavy atom. The van der Waals surface area contributed by atoms with Gasteiger partial charge in [-0.1, -0.05) is 31.6 Å². The van der Waals surface area contributed by atoms with Crippen LogP contribution in [-0.2, 0) is 9.53 Å². The lowest BCUT2D eigenvalue weighted by atomic mass is 9.46. The fourth-order valence-corrected chi connectivity index (χ4v) is 9.05. The second-order valence-electron chi connectivity index (χ2n) is 10.3. The molecule has 0 aromatic carbocycles. The quantitative estimate of drug-likeness (QED) is 0.625. The van der Waals surface area contributed by atoms with Gasteiger partial charge in [0.25, 0.3) is 0 Å². The van der Waals surface area contributed by atoms with Crippen LogP contribution in [-0.4, -0.2) is 18.0 Å². The zero-order valence-electron chi connectivity index (χ0n) is 16.2. The van der Waals surface area contributed by atoms with Crippen molar-refractivity contribution in [1.82, 2.24) is 0 Å². The van der Waals surface area contributed by atoms with Crippen LogP contribution in [0, 0.1) is 46.8 Å². The number of ketones is 1. The summed E-state index contributed by atoms with van der Waals surface area (Å²) in [4.78, 5) is 12.0. The van der Waals surface area contributed by atoms with E-state index in [1.54, 1.807) is 0 Å². The molecule has 5 aliphatic carbocycles. The standard InChI is InChI=1S/C24H32O2/c1-3-23-9-7-18-17-6-5-16(25)12-15(17)11-14(2)21(18)22(23)19-13-20(19)24(23)8-4-10-26-24/h4,8,12,14,17-22H,3,5-7,9-11,13H2,1-2H3/t14-,17+,18?,19-,20+,21?,22?,23+,24+/m1/s1. The third kappa shape index (κ3) is 1.72. The minimum Gasteiger partial charge on any atom is -0.366 e. The Bertz CT molecular complexity index is 720. The topological polar surface area (TPSA) is 26.3 Å². The van der Waals surface area contributed by atoms with E-state index < -0.39 is 0 Å². The Hall–Kier alpha value is -0.890. The number of ether oxygens (including phenoxy) is 1. The van der Waals surface area contributed by atoms with Crippen LogP contribution in [0.3, 0.4) is 0 Å². The molecule has 0 radical (unpaired) electrons. The third-order valence-electron chi connectivity index (χ3n) is 9.77. The number of carbonyl (C=O) groups is 1. The molecule has 1 heterocycles. The van der Waals surface area contributed by atoms with Gasteiger partial charge in [0.15, 0.2) is 5.78 Å². The summed E-state index contributed by atoms with van der Waals surface area (Å²) in [6.07, 6.45) is 15.3. The van der Waals surface area contributed by atoms with E-state index in [1.807, 2.05) is 6.08 Å². The molecule has 0 bridgehead atoms. The van der Waals surface area contributed by atoms with Gasteiger partial charge in [-0.2, -0.15) is 0 Å². The summed E-state index contributed by atoms with van der Waals surface area (Å²) in [7, 11) is 0. The Morgan fingerprint density at radius 2 is 2.15 bits per heavy atom. The predicted molar refractivity (Wildman–Crippen MR) is 101 cm³/mol. The number of fused-ring (bicyclic) bond motifs is 9. The third-order valence-corrected chi connectivity index (χ3v) is 9.77. The van der Waals surface area contributed by atoms with E-state index in [2.05, 4.69) is 26.0 Å². The molecule has 0 aromatic rings. The molecule has 4 saturated carbocycles. The average molecular weight is 353 g/mol. The molecule has 26 heavy (non-hydrogen) atoms. The lowest BCUT2D eigenvalue weighted by Gasteiger charge is -2.60. The molecule has 9 atom stereocenters. The maximum absolute atomic E-state index is 12.0. The summed E-state index contributed by atoms with van der Waals surface area (Å²) < 4.78 is 6.59. The first-order valence-electron chi connectivity index (χ1n) is 11.2. The molecule has 1 spiro atoms. The maximum Gasteiger partial charge on any atom is 0.155 e. The van der Waals surface area contributed by atoms with Crippen LogP contribution >= 0.6 is 0 Å². The van der Waals surface area contributed by atoms with Gasteiger partial charge in [0.2, 0.25) is 0 Å². The van der Waals surface area contributed by atoms with Crippen molar-refractivity contribution < 1.29 is 9.53 Å². The number of rotatable bonds is 1. The predicted octanol–water partition coefficient (Wildman–Crippen LogP) is 4.95. The minimum atomic E-state index is 0.0699. The van der Waals surface area contributed by atoms with E-state index >= 15 is 0 Å². The highest BCUT2D eigenvalue weighted by Gasteiger charge is 2.77. The number of hydrogen-bond donors (Lipinski definition) is 0. The molecule has 0 aromatic heterocycles. The summed E-state index contributed by atoms with van der Waals surface area (Å²) >= 11 is 0. The number of carbonyl (C=O) groups excluding carboxylic acids is 1. The molecule has 4 fully saturated rings. The van der Waals surface area contributed by atoms with Gasteiger partial charge in [-0.25, -0.2) is 0 Å². The van der Waals surface area contributed by atoms with Crippen molar-refractivity contribution in [2.75, 3.05) is 6.61 Å². The van der Waals surface area contributed by atoms with E-state index in [0.717, 1.165) is 55.0 Å². The first-order chi connectivity index (χ1) is 12.6. The van der Waals surface area contributed by atoms with E-state index in [4.69, 9.17) is 4.74 Å². The second kappa shape index (κ2) is 5.13. The van der Waals surface area contributed by atoms with Gasteiger partial charge >= 0.3 is 0 Å². The molecule has 6 rings (SSSR count). The van der Waals surface area contributed by atoms with Gasteiger partial charge in [-0.05, 0) is 86.0 Å². The van der Waals surface area contributed by atoms with Crippen molar-refractivity contribution in [3.8, 4) is 0 Å². The van der Waals surface area contributed by atoms with Crippen LogP contribution in [0.4, 0.5) is 0 Å². The second-order valence-corrected chi connectivity index (χ2v) is 10.3. The average Bonchev–Trinajstić information content (AvgIpc) is 3.21. The van der Waals surface area contributed by atoms with Crippen LogP contribution < -0.4 is 0 Å². The van der Waals surface area contributed by atoms with E-state index in [9.17, 15) is 4.79 Å². The minimum absolute atomic E-state index is 0.0699. The summed E-state index contributed by atoms with van der Waals surface area (Å²) in [6.45, 7) is 5.76. The Balaban J connectivity index is 1.43. The van der Waals surface area contributed by atoms with Gasteiger partial charge in [0, 0.05) is 11.8 Å². The lowest BCUT2D eigenvalue weighted by molar-refractivity contribution is -0.150. The highest BCUT2D eigenvalue weighted by Crippen LogP contribution is 2.78.